The highest BCUT2D eigenvalue weighted by molar-refractivity contribution is 5.95. The maximum atomic E-state index is 11.3. The third kappa shape index (κ3) is 9.60. The molecule has 0 aromatic heterocycles. The molecule has 17 heavy (non-hydrogen) atoms. The number of carbonyl (C=O) groups is 2. The second-order valence-corrected chi connectivity index (χ2v) is 4.07. The second kappa shape index (κ2) is 9.87. The van der Waals surface area contributed by atoms with Crippen LogP contribution in [-0.4, -0.2) is 23.7 Å². The molecule has 0 aliphatic rings. The minimum atomic E-state index is -1.13. The van der Waals surface area contributed by atoms with E-state index >= 15 is 0 Å². The summed E-state index contributed by atoms with van der Waals surface area (Å²) < 4.78 is 4.94. The number of rotatable bonds is 9. The van der Waals surface area contributed by atoms with E-state index in [0.717, 1.165) is 25.3 Å². The Bertz CT molecular complexity index is 269. The van der Waals surface area contributed by atoms with Crippen LogP contribution < -0.4 is 0 Å². The predicted molar refractivity (Wildman–Crippen MR) is 65.7 cm³/mol. The van der Waals surface area contributed by atoms with Crippen LogP contribution in [0.5, 0.6) is 0 Å². The summed E-state index contributed by atoms with van der Waals surface area (Å²) in [7, 11) is 0. The highest BCUT2D eigenvalue weighted by Crippen LogP contribution is 2.05. The Hall–Kier alpha value is -1.32. The van der Waals surface area contributed by atoms with Crippen LogP contribution in [0, 0.1) is 0 Å². The normalized spacial score (nSPS) is 11.3. The molecule has 0 saturated carbocycles. The Morgan fingerprint density at radius 3 is 2.29 bits per heavy atom. The van der Waals surface area contributed by atoms with Gasteiger partial charge in [-0.15, -0.1) is 0 Å². The van der Waals surface area contributed by atoms with Gasteiger partial charge in [0.1, 0.15) is 0 Å². The first-order valence-corrected chi connectivity index (χ1v) is 6.16. The molecule has 0 aromatic carbocycles. The van der Waals surface area contributed by atoms with E-state index < -0.39 is 11.9 Å². The molecular weight excluding hydrogens is 220 g/mol. The lowest BCUT2D eigenvalue weighted by atomic mass is 10.1. The van der Waals surface area contributed by atoms with Crippen LogP contribution in [0.1, 0.15) is 52.4 Å². The Kier molecular flexibility index (Phi) is 9.11. The van der Waals surface area contributed by atoms with Crippen molar-refractivity contribution in [3.8, 4) is 0 Å². The number of hydrogen-bond acceptors (Lipinski definition) is 3. The first-order valence-electron chi connectivity index (χ1n) is 6.16. The lowest BCUT2D eigenvalue weighted by Gasteiger charge is -2.04. The molecule has 0 aliphatic carbocycles. The molecule has 0 aromatic rings. The van der Waals surface area contributed by atoms with Crippen molar-refractivity contribution in [2.75, 3.05) is 6.61 Å². The summed E-state index contributed by atoms with van der Waals surface area (Å²) in [5.74, 6) is -1.67. The van der Waals surface area contributed by atoms with E-state index in [4.69, 9.17) is 9.84 Å². The molecule has 0 bridgehead atoms. The van der Waals surface area contributed by atoms with E-state index in [1.807, 2.05) is 0 Å². The summed E-state index contributed by atoms with van der Waals surface area (Å²) in [5.41, 5.74) is 0.128. The van der Waals surface area contributed by atoms with Gasteiger partial charge in [-0.05, 0) is 13.3 Å². The van der Waals surface area contributed by atoms with Crippen molar-refractivity contribution in [3.63, 3.8) is 0 Å². The van der Waals surface area contributed by atoms with Crippen LogP contribution in [-0.2, 0) is 14.3 Å². The average molecular weight is 242 g/mol. The van der Waals surface area contributed by atoms with Crippen molar-refractivity contribution in [1.82, 2.24) is 0 Å². The molecule has 0 radical (unpaired) electrons. The third-order valence-corrected chi connectivity index (χ3v) is 2.39. The van der Waals surface area contributed by atoms with Crippen LogP contribution in [0.3, 0.4) is 0 Å². The van der Waals surface area contributed by atoms with E-state index in [1.54, 1.807) is 0 Å². The number of carboxylic acids is 1. The highest BCUT2D eigenvalue weighted by atomic mass is 16.5. The first-order chi connectivity index (χ1) is 8.07. The van der Waals surface area contributed by atoms with E-state index in [0.29, 0.717) is 6.61 Å². The number of carboxylic acid groups (broad SMARTS) is 1. The molecule has 0 aliphatic heterocycles. The Balaban J connectivity index is 3.55. The Labute approximate surface area is 103 Å². The minimum Gasteiger partial charge on any atom is -0.478 e. The maximum absolute atomic E-state index is 11.3. The average Bonchev–Trinajstić information content (AvgIpc) is 2.26. The summed E-state index contributed by atoms with van der Waals surface area (Å²) in [6.45, 7) is 3.98. The number of aliphatic carboxylic acids is 1. The van der Waals surface area contributed by atoms with Crippen molar-refractivity contribution in [3.05, 3.63) is 11.6 Å². The molecule has 98 valence electrons. The van der Waals surface area contributed by atoms with E-state index in [1.165, 1.54) is 26.2 Å². The van der Waals surface area contributed by atoms with Gasteiger partial charge in [0.05, 0.1) is 6.61 Å². The summed E-state index contributed by atoms with van der Waals surface area (Å²) in [4.78, 5) is 21.6. The number of carbonyl (C=O) groups excluding carboxylic acids is 1. The van der Waals surface area contributed by atoms with Crippen molar-refractivity contribution in [2.45, 2.75) is 52.4 Å². The predicted octanol–water partition coefficient (Wildman–Crippen LogP) is 2.92. The van der Waals surface area contributed by atoms with E-state index in [9.17, 15) is 9.59 Å². The standard InChI is InChI=1S/C13H22O4/c1-3-4-5-6-7-8-9-17-13(16)11(2)10-12(14)15/h10H,3-9H2,1-2H3,(H,14,15)/b11-10+. The molecule has 0 fully saturated rings. The Morgan fingerprint density at radius 1 is 1.12 bits per heavy atom. The molecule has 0 amide bonds. The molecule has 4 heteroatoms. The van der Waals surface area contributed by atoms with Gasteiger partial charge in [-0.1, -0.05) is 39.0 Å². The highest BCUT2D eigenvalue weighted by Gasteiger charge is 2.06. The number of esters is 1. The van der Waals surface area contributed by atoms with Gasteiger partial charge in [0.2, 0.25) is 0 Å². The largest absolute Gasteiger partial charge is 0.478 e. The van der Waals surface area contributed by atoms with Crippen LogP contribution in [0.25, 0.3) is 0 Å². The fourth-order valence-electron chi connectivity index (χ4n) is 1.41. The van der Waals surface area contributed by atoms with Gasteiger partial charge in [0.15, 0.2) is 0 Å². The zero-order valence-corrected chi connectivity index (χ0v) is 10.7. The number of hydrogen-bond donors (Lipinski definition) is 1. The van der Waals surface area contributed by atoms with Crippen molar-refractivity contribution < 1.29 is 19.4 Å². The monoisotopic (exact) mass is 242 g/mol. The van der Waals surface area contributed by atoms with Gasteiger partial charge < -0.3 is 9.84 Å². The second-order valence-electron chi connectivity index (χ2n) is 4.07. The Morgan fingerprint density at radius 2 is 1.71 bits per heavy atom. The molecule has 0 atom stereocenters. The first kappa shape index (κ1) is 15.7. The van der Waals surface area contributed by atoms with Crippen LogP contribution in [0.2, 0.25) is 0 Å². The minimum absolute atomic E-state index is 0.128. The van der Waals surface area contributed by atoms with E-state index in [2.05, 4.69) is 6.92 Å². The summed E-state index contributed by atoms with van der Waals surface area (Å²) in [6, 6.07) is 0. The van der Waals surface area contributed by atoms with Crippen LogP contribution >= 0.6 is 0 Å². The van der Waals surface area contributed by atoms with Gasteiger partial charge >= 0.3 is 11.9 Å². The van der Waals surface area contributed by atoms with Gasteiger partial charge in [0.25, 0.3) is 0 Å². The zero-order valence-electron chi connectivity index (χ0n) is 10.7. The zero-order chi connectivity index (χ0) is 13.1. The molecule has 0 rings (SSSR count). The number of ether oxygens (including phenoxy) is 1. The maximum Gasteiger partial charge on any atom is 0.333 e. The van der Waals surface area contributed by atoms with E-state index in [-0.39, 0.29) is 5.57 Å². The number of unbranched alkanes of at least 4 members (excludes halogenated alkanes) is 5. The van der Waals surface area contributed by atoms with Crippen LogP contribution in [0.4, 0.5) is 0 Å². The van der Waals surface area contributed by atoms with Crippen molar-refractivity contribution in [1.29, 1.82) is 0 Å². The molecule has 0 heterocycles. The van der Waals surface area contributed by atoms with Gasteiger partial charge in [-0.2, -0.15) is 0 Å². The molecule has 0 spiro atoms. The molecule has 0 unspecified atom stereocenters. The quantitative estimate of drug-likeness (QED) is 0.383. The van der Waals surface area contributed by atoms with Gasteiger partial charge in [0, 0.05) is 11.6 Å². The molecule has 4 nitrogen and oxygen atoms in total. The fraction of sp³-hybridized carbons (Fsp3) is 0.692. The SMILES string of the molecule is CCCCCCCCOC(=O)/C(C)=C/C(=O)O. The lowest BCUT2D eigenvalue weighted by Crippen LogP contribution is -2.08. The summed E-state index contributed by atoms with van der Waals surface area (Å²) in [6.07, 6.45) is 7.61. The topological polar surface area (TPSA) is 63.6 Å². The van der Waals surface area contributed by atoms with Crippen LogP contribution in [0.15, 0.2) is 11.6 Å². The molecular formula is C13H22O4. The summed E-state index contributed by atoms with van der Waals surface area (Å²) >= 11 is 0. The van der Waals surface area contributed by atoms with Crippen molar-refractivity contribution in [2.24, 2.45) is 0 Å². The third-order valence-electron chi connectivity index (χ3n) is 2.39. The molecule has 0 saturated heterocycles. The fourth-order valence-corrected chi connectivity index (χ4v) is 1.41. The lowest BCUT2D eigenvalue weighted by molar-refractivity contribution is -0.140. The van der Waals surface area contributed by atoms with Gasteiger partial charge in [-0.25, -0.2) is 9.59 Å². The molecule has 1 N–H and O–H groups in total. The van der Waals surface area contributed by atoms with Crippen molar-refractivity contribution >= 4 is 11.9 Å². The summed E-state index contributed by atoms with van der Waals surface area (Å²) in [5, 5.41) is 8.44. The van der Waals surface area contributed by atoms with Gasteiger partial charge in [-0.3, -0.25) is 0 Å². The smallest absolute Gasteiger partial charge is 0.333 e.